The van der Waals surface area contributed by atoms with Crippen molar-refractivity contribution in [1.82, 2.24) is 5.43 Å². The summed E-state index contributed by atoms with van der Waals surface area (Å²) >= 11 is 3.42. The predicted octanol–water partition coefficient (Wildman–Crippen LogP) is 1.48. The SMILES string of the molecule is Cc1cc(C)c(N=C(N)NN)c(Br)c1. The van der Waals surface area contributed by atoms with Gasteiger partial charge >= 0.3 is 0 Å². The Morgan fingerprint density at radius 1 is 1.43 bits per heavy atom. The lowest BCUT2D eigenvalue weighted by Gasteiger charge is -2.06. The van der Waals surface area contributed by atoms with E-state index in [9.17, 15) is 0 Å². The smallest absolute Gasteiger partial charge is 0.208 e. The average Bonchev–Trinajstić information content (AvgIpc) is 2.10. The van der Waals surface area contributed by atoms with Crippen molar-refractivity contribution in [2.75, 3.05) is 0 Å². The molecule has 0 radical (unpaired) electrons. The van der Waals surface area contributed by atoms with Crippen LogP contribution in [0.25, 0.3) is 0 Å². The summed E-state index contributed by atoms with van der Waals surface area (Å²) in [6.07, 6.45) is 0. The maximum atomic E-state index is 5.47. The van der Waals surface area contributed by atoms with Crippen molar-refractivity contribution in [2.24, 2.45) is 16.6 Å². The minimum Gasteiger partial charge on any atom is -0.369 e. The Morgan fingerprint density at radius 2 is 2.07 bits per heavy atom. The largest absolute Gasteiger partial charge is 0.369 e. The number of aliphatic imine (C=N–C) groups is 1. The highest BCUT2D eigenvalue weighted by Gasteiger charge is 2.03. The van der Waals surface area contributed by atoms with Crippen LogP contribution < -0.4 is 17.0 Å². The molecule has 1 rings (SSSR count). The van der Waals surface area contributed by atoms with E-state index in [4.69, 9.17) is 11.6 Å². The van der Waals surface area contributed by atoms with Crippen LogP contribution in [0.4, 0.5) is 5.69 Å². The fraction of sp³-hybridized carbons (Fsp3) is 0.222. The Balaban J connectivity index is 3.21. The summed E-state index contributed by atoms with van der Waals surface area (Å²) < 4.78 is 0.910. The van der Waals surface area contributed by atoms with Gasteiger partial charge in [0.25, 0.3) is 0 Å². The summed E-state index contributed by atoms with van der Waals surface area (Å²) in [5, 5.41) is 0. The number of benzene rings is 1. The van der Waals surface area contributed by atoms with Crippen LogP contribution in [-0.4, -0.2) is 5.96 Å². The molecule has 0 unspecified atom stereocenters. The molecule has 0 bridgehead atoms. The van der Waals surface area contributed by atoms with Gasteiger partial charge in [0.1, 0.15) is 0 Å². The number of halogens is 1. The van der Waals surface area contributed by atoms with Gasteiger partial charge in [-0.2, -0.15) is 0 Å². The number of rotatable bonds is 1. The van der Waals surface area contributed by atoms with Gasteiger partial charge in [0.05, 0.1) is 5.69 Å². The van der Waals surface area contributed by atoms with E-state index in [-0.39, 0.29) is 5.96 Å². The Hall–Kier alpha value is -1.07. The van der Waals surface area contributed by atoms with Gasteiger partial charge in [-0.3, -0.25) is 5.43 Å². The van der Waals surface area contributed by atoms with Crippen molar-refractivity contribution in [3.05, 3.63) is 27.7 Å². The zero-order chi connectivity index (χ0) is 10.7. The molecule has 1 aromatic rings. The van der Waals surface area contributed by atoms with Gasteiger partial charge in [0.15, 0.2) is 0 Å². The van der Waals surface area contributed by atoms with E-state index in [1.807, 2.05) is 26.0 Å². The lowest BCUT2D eigenvalue weighted by atomic mass is 10.1. The third kappa shape index (κ3) is 2.46. The number of hydrogen-bond donors (Lipinski definition) is 3. The molecule has 0 fully saturated rings. The molecule has 0 amide bonds. The summed E-state index contributed by atoms with van der Waals surface area (Å²) in [6, 6.07) is 4.02. The molecule has 0 atom stereocenters. The molecular weight excluding hydrogens is 244 g/mol. The van der Waals surface area contributed by atoms with Crippen LogP contribution in [0.3, 0.4) is 0 Å². The topological polar surface area (TPSA) is 76.4 Å². The average molecular weight is 257 g/mol. The Labute approximate surface area is 91.5 Å². The highest BCUT2D eigenvalue weighted by molar-refractivity contribution is 9.10. The Kier molecular flexibility index (Phi) is 3.49. The minimum absolute atomic E-state index is 0.192. The normalized spacial score (nSPS) is 11.6. The molecule has 0 heterocycles. The van der Waals surface area contributed by atoms with E-state index in [0.717, 1.165) is 15.7 Å². The molecule has 0 aliphatic heterocycles. The number of guanidine groups is 1. The molecular formula is C9H13BrN4. The highest BCUT2D eigenvalue weighted by atomic mass is 79.9. The van der Waals surface area contributed by atoms with E-state index >= 15 is 0 Å². The summed E-state index contributed by atoms with van der Waals surface area (Å²) in [5.41, 5.74) is 10.8. The van der Waals surface area contributed by atoms with Crippen molar-refractivity contribution in [2.45, 2.75) is 13.8 Å². The van der Waals surface area contributed by atoms with Crippen LogP contribution in [0.1, 0.15) is 11.1 Å². The second kappa shape index (κ2) is 4.43. The van der Waals surface area contributed by atoms with E-state index in [1.54, 1.807) is 0 Å². The van der Waals surface area contributed by atoms with Gasteiger partial charge in [-0.25, -0.2) is 10.8 Å². The second-order valence-electron chi connectivity index (χ2n) is 3.05. The molecule has 76 valence electrons. The zero-order valence-corrected chi connectivity index (χ0v) is 9.72. The fourth-order valence-electron chi connectivity index (χ4n) is 1.20. The first kappa shape index (κ1) is 11.0. The lowest BCUT2D eigenvalue weighted by Crippen LogP contribution is -2.36. The third-order valence-corrected chi connectivity index (χ3v) is 2.38. The lowest BCUT2D eigenvalue weighted by molar-refractivity contribution is 1.01. The molecule has 4 nitrogen and oxygen atoms in total. The Bertz CT molecular complexity index is 350. The first-order valence-corrected chi connectivity index (χ1v) is 4.91. The van der Waals surface area contributed by atoms with Gasteiger partial charge < -0.3 is 5.73 Å². The molecule has 14 heavy (non-hydrogen) atoms. The monoisotopic (exact) mass is 256 g/mol. The van der Waals surface area contributed by atoms with Crippen LogP contribution >= 0.6 is 15.9 Å². The number of nitrogens with zero attached hydrogens (tertiary/aromatic N) is 1. The van der Waals surface area contributed by atoms with Crippen molar-refractivity contribution in [3.8, 4) is 0 Å². The highest BCUT2D eigenvalue weighted by Crippen LogP contribution is 2.30. The minimum atomic E-state index is 0.192. The molecule has 0 saturated heterocycles. The van der Waals surface area contributed by atoms with Crippen LogP contribution in [0, 0.1) is 13.8 Å². The van der Waals surface area contributed by atoms with E-state index in [1.165, 1.54) is 5.56 Å². The van der Waals surface area contributed by atoms with Crippen LogP contribution in [0.15, 0.2) is 21.6 Å². The predicted molar refractivity (Wildman–Crippen MR) is 62.2 cm³/mol. The molecule has 0 spiro atoms. The zero-order valence-electron chi connectivity index (χ0n) is 8.13. The van der Waals surface area contributed by atoms with Crippen LogP contribution in [0.5, 0.6) is 0 Å². The van der Waals surface area contributed by atoms with Crippen LogP contribution in [0.2, 0.25) is 0 Å². The maximum absolute atomic E-state index is 5.47. The summed E-state index contributed by atoms with van der Waals surface area (Å²) in [5.74, 6) is 5.32. The van der Waals surface area contributed by atoms with Crippen LogP contribution in [-0.2, 0) is 0 Å². The number of hydrazine groups is 1. The van der Waals surface area contributed by atoms with Gasteiger partial charge in [-0.15, -0.1) is 0 Å². The molecule has 0 aliphatic rings. The Morgan fingerprint density at radius 3 is 2.57 bits per heavy atom. The number of nitrogens with one attached hydrogen (secondary N) is 1. The number of hydrogen-bond acceptors (Lipinski definition) is 2. The van der Waals surface area contributed by atoms with Gasteiger partial charge in [0.2, 0.25) is 5.96 Å². The summed E-state index contributed by atoms with van der Waals surface area (Å²) in [4.78, 5) is 4.13. The second-order valence-corrected chi connectivity index (χ2v) is 3.91. The van der Waals surface area contributed by atoms with Gasteiger partial charge in [-0.1, -0.05) is 6.07 Å². The van der Waals surface area contributed by atoms with Crippen molar-refractivity contribution < 1.29 is 0 Å². The van der Waals surface area contributed by atoms with Gasteiger partial charge in [0, 0.05) is 4.47 Å². The first-order chi connectivity index (χ1) is 6.54. The fourth-order valence-corrected chi connectivity index (χ4v) is 1.96. The van der Waals surface area contributed by atoms with E-state index < -0.39 is 0 Å². The first-order valence-electron chi connectivity index (χ1n) is 4.12. The quantitative estimate of drug-likeness (QED) is 0.308. The summed E-state index contributed by atoms with van der Waals surface area (Å²) in [7, 11) is 0. The molecule has 5 heteroatoms. The maximum Gasteiger partial charge on any atom is 0.208 e. The molecule has 0 saturated carbocycles. The molecule has 0 aliphatic carbocycles. The summed E-state index contributed by atoms with van der Waals surface area (Å²) in [6.45, 7) is 4.00. The number of aryl methyl sites for hydroxylation is 2. The molecule has 5 N–H and O–H groups in total. The number of nitrogens with two attached hydrogens (primary N) is 2. The van der Waals surface area contributed by atoms with Crippen molar-refractivity contribution in [1.29, 1.82) is 0 Å². The van der Waals surface area contributed by atoms with Gasteiger partial charge in [-0.05, 0) is 47.0 Å². The standard InChI is InChI=1S/C9H13BrN4/c1-5-3-6(2)8(7(10)4-5)13-9(11)14-12/h3-4H,12H2,1-2H3,(H3,11,13,14). The van der Waals surface area contributed by atoms with E-state index in [0.29, 0.717) is 0 Å². The third-order valence-electron chi connectivity index (χ3n) is 1.78. The molecule has 1 aromatic carbocycles. The van der Waals surface area contributed by atoms with Crippen molar-refractivity contribution in [3.63, 3.8) is 0 Å². The van der Waals surface area contributed by atoms with Crippen molar-refractivity contribution >= 4 is 27.6 Å². The molecule has 0 aromatic heterocycles. The van der Waals surface area contributed by atoms with E-state index in [2.05, 4.69) is 26.3 Å².